The molecule has 0 saturated heterocycles. The van der Waals surface area contributed by atoms with Gasteiger partial charge in [0, 0.05) is 18.0 Å². The highest BCUT2D eigenvalue weighted by atomic mass is 32.1. The van der Waals surface area contributed by atoms with Crippen LogP contribution >= 0.6 is 11.3 Å². The third-order valence-electron chi connectivity index (χ3n) is 3.07. The van der Waals surface area contributed by atoms with Crippen LogP contribution in [0.3, 0.4) is 0 Å². The Balaban J connectivity index is 2.14. The number of hydrogen-bond acceptors (Lipinski definition) is 4. The van der Waals surface area contributed by atoms with Crippen molar-refractivity contribution >= 4 is 17.2 Å². The van der Waals surface area contributed by atoms with Crippen molar-refractivity contribution in [1.82, 2.24) is 9.88 Å². The molecular weight excluding hydrogens is 270 g/mol. The second kappa shape index (κ2) is 6.63. The molecule has 1 heterocycles. The molecule has 0 unspecified atom stereocenters. The molecule has 5 heteroatoms. The van der Waals surface area contributed by atoms with Gasteiger partial charge in [-0.05, 0) is 31.5 Å². The monoisotopic (exact) mass is 289 g/mol. The van der Waals surface area contributed by atoms with E-state index >= 15 is 0 Å². The largest absolute Gasteiger partial charge is 0.336 e. The summed E-state index contributed by atoms with van der Waals surface area (Å²) in [5.74, 6) is 0.0136. The number of nitrogens with two attached hydrogens (primary N) is 1. The highest BCUT2D eigenvalue weighted by Crippen LogP contribution is 2.15. The van der Waals surface area contributed by atoms with E-state index in [1.165, 1.54) is 0 Å². The van der Waals surface area contributed by atoms with Crippen LogP contribution in [0.25, 0.3) is 0 Å². The fourth-order valence-electron chi connectivity index (χ4n) is 2.10. The molecule has 0 radical (unpaired) electrons. The van der Waals surface area contributed by atoms with E-state index in [1.54, 1.807) is 23.3 Å². The predicted molar refractivity (Wildman–Crippen MR) is 81.8 cm³/mol. The van der Waals surface area contributed by atoms with Crippen LogP contribution in [0, 0.1) is 6.92 Å². The van der Waals surface area contributed by atoms with Gasteiger partial charge in [0.05, 0.1) is 17.2 Å². The third kappa shape index (κ3) is 3.43. The van der Waals surface area contributed by atoms with E-state index < -0.39 is 0 Å². The van der Waals surface area contributed by atoms with Crippen molar-refractivity contribution in [3.8, 4) is 0 Å². The molecule has 2 aromatic rings. The van der Waals surface area contributed by atoms with Crippen LogP contribution < -0.4 is 5.73 Å². The lowest BCUT2D eigenvalue weighted by Gasteiger charge is -2.18. The summed E-state index contributed by atoms with van der Waals surface area (Å²) >= 11 is 1.60. The van der Waals surface area contributed by atoms with E-state index in [1.807, 2.05) is 36.6 Å². The molecule has 0 atom stereocenters. The highest BCUT2D eigenvalue weighted by Gasteiger charge is 2.16. The van der Waals surface area contributed by atoms with Crippen molar-refractivity contribution in [3.63, 3.8) is 0 Å². The Bertz CT molecular complexity index is 594. The van der Waals surface area contributed by atoms with Gasteiger partial charge in [-0.2, -0.15) is 0 Å². The third-order valence-corrected chi connectivity index (χ3v) is 3.90. The second-order valence-corrected chi connectivity index (χ2v) is 5.78. The van der Waals surface area contributed by atoms with E-state index in [0.29, 0.717) is 19.5 Å². The fourth-order valence-corrected chi connectivity index (χ4v) is 2.71. The summed E-state index contributed by atoms with van der Waals surface area (Å²) in [7, 11) is 1.80. The van der Waals surface area contributed by atoms with Crippen molar-refractivity contribution in [2.24, 2.45) is 5.73 Å². The standard InChI is InChI=1S/C15H19N3OS/c1-11-17-13(10-20-11)9-18(2)15(19)14-6-4-3-5-12(14)7-8-16/h3-6,10H,7-9,16H2,1-2H3. The van der Waals surface area contributed by atoms with Gasteiger partial charge in [0.25, 0.3) is 5.91 Å². The maximum atomic E-state index is 12.5. The summed E-state index contributed by atoms with van der Waals surface area (Å²) in [5.41, 5.74) is 8.26. The molecule has 4 nitrogen and oxygen atoms in total. The quantitative estimate of drug-likeness (QED) is 0.918. The predicted octanol–water partition coefficient (Wildman–Crippen LogP) is 2.22. The second-order valence-electron chi connectivity index (χ2n) is 4.71. The number of hydrogen-bond donors (Lipinski definition) is 1. The van der Waals surface area contributed by atoms with Gasteiger partial charge in [-0.25, -0.2) is 4.98 Å². The first-order valence-electron chi connectivity index (χ1n) is 6.56. The summed E-state index contributed by atoms with van der Waals surface area (Å²) in [6, 6.07) is 7.64. The minimum Gasteiger partial charge on any atom is -0.336 e. The molecule has 0 aliphatic carbocycles. The zero-order valence-electron chi connectivity index (χ0n) is 11.8. The molecule has 1 aromatic carbocycles. The lowest BCUT2D eigenvalue weighted by Crippen LogP contribution is -2.27. The van der Waals surface area contributed by atoms with Crippen LogP contribution in [-0.4, -0.2) is 29.4 Å². The van der Waals surface area contributed by atoms with Crippen molar-refractivity contribution in [2.75, 3.05) is 13.6 Å². The van der Waals surface area contributed by atoms with Gasteiger partial charge in [-0.1, -0.05) is 18.2 Å². The number of benzene rings is 1. The van der Waals surface area contributed by atoms with Gasteiger partial charge >= 0.3 is 0 Å². The number of rotatable bonds is 5. The normalized spacial score (nSPS) is 10.6. The molecule has 106 valence electrons. The number of amides is 1. The zero-order valence-corrected chi connectivity index (χ0v) is 12.6. The molecule has 1 aromatic heterocycles. The molecule has 20 heavy (non-hydrogen) atoms. The summed E-state index contributed by atoms with van der Waals surface area (Å²) in [6.45, 7) is 3.03. The Hall–Kier alpha value is -1.72. The lowest BCUT2D eigenvalue weighted by molar-refractivity contribution is 0.0782. The maximum absolute atomic E-state index is 12.5. The molecule has 0 aliphatic heterocycles. The first-order chi connectivity index (χ1) is 9.61. The Kier molecular flexibility index (Phi) is 4.87. The summed E-state index contributed by atoms with van der Waals surface area (Å²) in [5, 5.41) is 3.01. The van der Waals surface area contributed by atoms with Crippen LogP contribution in [-0.2, 0) is 13.0 Å². The zero-order chi connectivity index (χ0) is 14.5. The molecule has 2 N–H and O–H groups in total. The molecule has 0 spiro atoms. The van der Waals surface area contributed by atoms with Gasteiger partial charge in [-0.15, -0.1) is 11.3 Å². The Morgan fingerprint density at radius 1 is 1.40 bits per heavy atom. The molecule has 2 rings (SSSR count). The van der Waals surface area contributed by atoms with Crippen LogP contribution in [0.2, 0.25) is 0 Å². The van der Waals surface area contributed by atoms with Crippen LogP contribution in [0.5, 0.6) is 0 Å². The van der Waals surface area contributed by atoms with E-state index in [0.717, 1.165) is 21.8 Å². The molecule has 0 saturated carbocycles. The van der Waals surface area contributed by atoms with Crippen LogP contribution in [0.4, 0.5) is 0 Å². The van der Waals surface area contributed by atoms with Gasteiger partial charge in [0.2, 0.25) is 0 Å². The molecule has 0 aliphatic rings. The van der Waals surface area contributed by atoms with Gasteiger partial charge in [0.15, 0.2) is 0 Å². The number of aryl methyl sites for hydroxylation is 1. The van der Waals surface area contributed by atoms with Crippen molar-refractivity contribution < 1.29 is 4.79 Å². The van der Waals surface area contributed by atoms with Crippen LogP contribution in [0.1, 0.15) is 26.6 Å². The minimum absolute atomic E-state index is 0.0136. The summed E-state index contributed by atoms with van der Waals surface area (Å²) in [4.78, 5) is 18.6. The maximum Gasteiger partial charge on any atom is 0.254 e. The van der Waals surface area contributed by atoms with Gasteiger partial charge in [-0.3, -0.25) is 4.79 Å². The van der Waals surface area contributed by atoms with Gasteiger partial charge in [0.1, 0.15) is 0 Å². The topological polar surface area (TPSA) is 59.2 Å². The molecule has 1 amide bonds. The molecule has 0 bridgehead atoms. The number of carbonyl (C=O) groups is 1. The van der Waals surface area contributed by atoms with E-state index in [4.69, 9.17) is 5.73 Å². The number of thiazole rings is 1. The summed E-state index contributed by atoms with van der Waals surface area (Å²) in [6.07, 6.45) is 0.714. The fraction of sp³-hybridized carbons (Fsp3) is 0.333. The Labute approximate surface area is 123 Å². The average molecular weight is 289 g/mol. The van der Waals surface area contributed by atoms with Crippen molar-refractivity contribution in [1.29, 1.82) is 0 Å². The lowest BCUT2D eigenvalue weighted by atomic mass is 10.0. The first-order valence-corrected chi connectivity index (χ1v) is 7.44. The number of carbonyl (C=O) groups excluding carboxylic acids is 1. The van der Waals surface area contributed by atoms with E-state index in [2.05, 4.69) is 4.98 Å². The minimum atomic E-state index is 0.0136. The van der Waals surface area contributed by atoms with Gasteiger partial charge < -0.3 is 10.6 Å². The van der Waals surface area contributed by atoms with E-state index in [-0.39, 0.29) is 5.91 Å². The SMILES string of the molecule is Cc1nc(CN(C)C(=O)c2ccccc2CCN)cs1. The first kappa shape index (κ1) is 14.7. The van der Waals surface area contributed by atoms with Crippen molar-refractivity contribution in [2.45, 2.75) is 19.9 Å². The van der Waals surface area contributed by atoms with Crippen molar-refractivity contribution in [3.05, 3.63) is 51.5 Å². The molecular formula is C15H19N3OS. The van der Waals surface area contributed by atoms with Crippen LogP contribution in [0.15, 0.2) is 29.6 Å². The number of nitrogens with zero attached hydrogens (tertiary/aromatic N) is 2. The smallest absolute Gasteiger partial charge is 0.254 e. The number of aromatic nitrogens is 1. The average Bonchev–Trinajstić information content (AvgIpc) is 2.84. The molecule has 0 fully saturated rings. The Morgan fingerprint density at radius 2 is 2.15 bits per heavy atom. The summed E-state index contributed by atoms with van der Waals surface area (Å²) < 4.78 is 0. The van der Waals surface area contributed by atoms with E-state index in [9.17, 15) is 4.79 Å². The highest BCUT2D eigenvalue weighted by molar-refractivity contribution is 7.09. The Morgan fingerprint density at radius 3 is 2.80 bits per heavy atom.